The van der Waals surface area contributed by atoms with Gasteiger partial charge in [-0.25, -0.2) is 4.68 Å². The molecule has 2 amide bonds. The molecule has 0 saturated carbocycles. The zero-order valence-corrected chi connectivity index (χ0v) is 14.4. The molecule has 2 heterocycles. The van der Waals surface area contributed by atoms with Gasteiger partial charge in [0.05, 0.1) is 24.9 Å². The number of methoxy groups -OCH3 is 1. The van der Waals surface area contributed by atoms with Crippen molar-refractivity contribution in [1.82, 2.24) is 14.7 Å². The third kappa shape index (κ3) is 3.65. The van der Waals surface area contributed by atoms with E-state index in [4.69, 9.17) is 4.74 Å². The topological polar surface area (TPSA) is 76.5 Å². The van der Waals surface area contributed by atoms with Crippen molar-refractivity contribution in [2.24, 2.45) is 0 Å². The third-order valence-electron chi connectivity index (χ3n) is 4.52. The highest BCUT2D eigenvalue weighted by Crippen LogP contribution is 2.26. The molecule has 1 aromatic heterocycles. The molecule has 1 fully saturated rings. The van der Waals surface area contributed by atoms with Crippen molar-refractivity contribution < 1.29 is 14.3 Å². The summed E-state index contributed by atoms with van der Waals surface area (Å²) in [7, 11) is 1.54. The molecule has 0 bridgehead atoms. The van der Waals surface area contributed by atoms with Crippen LogP contribution in [0.1, 0.15) is 36.2 Å². The number of likely N-dealkylation sites (tertiary alicyclic amines) is 1. The summed E-state index contributed by atoms with van der Waals surface area (Å²) in [4.78, 5) is 25.9. The van der Waals surface area contributed by atoms with Crippen molar-refractivity contribution in [3.05, 3.63) is 42.1 Å². The number of hydrogen-bond donors (Lipinski definition) is 1. The second-order valence-electron chi connectivity index (χ2n) is 6.05. The molecule has 25 heavy (non-hydrogen) atoms. The summed E-state index contributed by atoms with van der Waals surface area (Å²) in [6.07, 6.45) is 3.31. The molecular weight excluding hydrogens is 320 g/mol. The van der Waals surface area contributed by atoms with Gasteiger partial charge in [0.2, 0.25) is 5.91 Å². The molecule has 7 heteroatoms. The fourth-order valence-electron chi connectivity index (χ4n) is 3.15. The Kier molecular flexibility index (Phi) is 5.02. The molecule has 7 nitrogen and oxygen atoms in total. The summed E-state index contributed by atoms with van der Waals surface area (Å²) >= 11 is 0. The standard InChI is InChI=1S/C18H22N4O3/c1-13(23)21-11-8-14(9-12-21)22-17(7-10-19-22)20-18(24)15-5-3-4-6-16(15)25-2/h3-7,10,14H,8-9,11-12H2,1-2H3,(H,20,24). The number of amides is 2. The number of carbonyl (C=O) groups excluding carboxylic acids is 2. The second kappa shape index (κ2) is 7.38. The van der Waals surface area contributed by atoms with Crippen LogP contribution in [0.25, 0.3) is 0 Å². The van der Waals surface area contributed by atoms with Gasteiger partial charge in [0.1, 0.15) is 11.6 Å². The SMILES string of the molecule is COc1ccccc1C(=O)Nc1ccnn1C1CCN(C(C)=O)CC1. The number of rotatable bonds is 4. The van der Waals surface area contributed by atoms with Crippen molar-refractivity contribution in [1.29, 1.82) is 0 Å². The van der Waals surface area contributed by atoms with Crippen molar-refractivity contribution in [2.45, 2.75) is 25.8 Å². The van der Waals surface area contributed by atoms with Crippen LogP contribution in [0.3, 0.4) is 0 Å². The minimum absolute atomic E-state index is 0.101. The van der Waals surface area contributed by atoms with E-state index in [0.717, 1.165) is 12.8 Å². The zero-order valence-electron chi connectivity index (χ0n) is 14.4. The maximum Gasteiger partial charge on any atom is 0.260 e. The maximum atomic E-state index is 12.6. The summed E-state index contributed by atoms with van der Waals surface area (Å²) in [6.45, 7) is 3.01. The van der Waals surface area contributed by atoms with Gasteiger partial charge in [0.25, 0.3) is 5.91 Å². The van der Waals surface area contributed by atoms with Crippen LogP contribution in [-0.4, -0.2) is 46.7 Å². The second-order valence-corrected chi connectivity index (χ2v) is 6.05. The van der Waals surface area contributed by atoms with Gasteiger partial charge in [-0.05, 0) is 25.0 Å². The van der Waals surface area contributed by atoms with Gasteiger partial charge < -0.3 is 15.0 Å². The first kappa shape index (κ1) is 17.0. The first-order chi connectivity index (χ1) is 12.1. The first-order valence-electron chi connectivity index (χ1n) is 8.33. The van der Waals surface area contributed by atoms with E-state index < -0.39 is 0 Å². The minimum Gasteiger partial charge on any atom is -0.496 e. The van der Waals surface area contributed by atoms with E-state index >= 15 is 0 Å². The summed E-state index contributed by atoms with van der Waals surface area (Å²) in [5, 5.41) is 7.28. The van der Waals surface area contributed by atoms with Crippen molar-refractivity contribution in [3.8, 4) is 5.75 Å². The average molecular weight is 342 g/mol. The normalized spacial score (nSPS) is 15.0. The molecular formula is C18H22N4O3. The predicted octanol–water partition coefficient (Wildman–Crippen LogP) is 2.33. The molecule has 0 aliphatic carbocycles. The zero-order chi connectivity index (χ0) is 17.8. The number of carbonyl (C=O) groups is 2. The Balaban J connectivity index is 1.72. The lowest BCUT2D eigenvalue weighted by atomic mass is 10.1. The number of benzene rings is 1. The van der Waals surface area contributed by atoms with Gasteiger partial charge >= 0.3 is 0 Å². The van der Waals surface area contributed by atoms with Crippen LogP contribution in [0, 0.1) is 0 Å². The van der Waals surface area contributed by atoms with Gasteiger partial charge in [-0.2, -0.15) is 5.10 Å². The molecule has 0 radical (unpaired) electrons. The molecule has 1 N–H and O–H groups in total. The fourth-order valence-corrected chi connectivity index (χ4v) is 3.15. The summed E-state index contributed by atoms with van der Waals surface area (Å²) < 4.78 is 7.08. The van der Waals surface area contributed by atoms with Gasteiger partial charge in [-0.15, -0.1) is 0 Å². The predicted molar refractivity (Wildman–Crippen MR) is 93.7 cm³/mol. The molecule has 2 aromatic rings. The summed E-state index contributed by atoms with van der Waals surface area (Å²) in [6, 6.07) is 9.04. The Hall–Kier alpha value is -2.83. The molecule has 0 unspecified atom stereocenters. The van der Waals surface area contributed by atoms with Gasteiger partial charge in [-0.3, -0.25) is 9.59 Å². The average Bonchev–Trinajstić information content (AvgIpc) is 3.09. The summed E-state index contributed by atoms with van der Waals surface area (Å²) in [5.41, 5.74) is 0.476. The van der Waals surface area contributed by atoms with E-state index in [2.05, 4.69) is 10.4 Å². The number of aromatic nitrogens is 2. The van der Waals surface area contributed by atoms with Crippen LogP contribution < -0.4 is 10.1 Å². The Labute approximate surface area is 146 Å². The number of piperidine rings is 1. The van der Waals surface area contributed by atoms with Gasteiger partial charge in [-0.1, -0.05) is 12.1 Å². The molecule has 0 spiro atoms. The minimum atomic E-state index is -0.236. The van der Waals surface area contributed by atoms with E-state index in [1.54, 1.807) is 44.5 Å². The highest BCUT2D eigenvalue weighted by molar-refractivity contribution is 6.05. The van der Waals surface area contributed by atoms with Crippen LogP contribution in [0.2, 0.25) is 0 Å². The highest BCUT2D eigenvalue weighted by atomic mass is 16.5. The third-order valence-corrected chi connectivity index (χ3v) is 4.52. The highest BCUT2D eigenvalue weighted by Gasteiger charge is 2.24. The largest absolute Gasteiger partial charge is 0.496 e. The monoisotopic (exact) mass is 342 g/mol. The van der Waals surface area contributed by atoms with E-state index in [1.807, 2.05) is 15.6 Å². The lowest BCUT2D eigenvalue weighted by Crippen LogP contribution is -2.38. The molecule has 3 rings (SSSR count). The van der Waals surface area contributed by atoms with Gasteiger partial charge in [0.15, 0.2) is 0 Å². The van der Waals surface area contributed by atoms with E-state index in [9.17, 15) is 9.59 Å². The van der Waals surface area contributed by atoms with E-state index in [1.165, 1.54) is 0 Å². The van der Waals surface area contributed by atoms with Crippen LogP contribution in [-0.2, 0) is 4.79 Å². The number of hydrogen-bond acceptors (Lipinski definition) is 4. The fraction of sp³-hybridized carbons (Fsp3) is 0.389. The van der Waals surface area contributed by atoms with E-state index in [0.29, 0.717) is 30.2 Å². The Morgan fingerprint density at radius 2 is 1.92 bits per heavy atom. The molecule has 1 aliphatic heterocycles. The maximum absolute atomic E-state index is 12.6. The van der Waals surface area contributed by atoms with Crippen LogP contribution in [0.5, 0.6) is 5.75 Å². The number of anilines is 1. The smallest absolute Gasteiger partial charge is 0.260 e. The van der Waals surface area contributed by atoms with Gasteiger partial charge in [0, 0.05) is 26.1 Å². The van der Waals surface area contributed by atoms with Crippen molar-refractivity contribution >= 4 is 17.6 Å². The molecule has 1 aromatic carbocycles. The Morgan fingerprint density at radius 1 is 1.20 bits per heavy atom. The Morgan fingerprint density at radius 3 is 2.60 bits per heavy atom. The molecule has 1 aliphatic rings. The van der Waals surface area contributed by atoms with Crippen LogP contribution in [0.15, 0.2) is 36.5 Å². The quantitative estimate of drug-likeness (QED) is 0.925. The number of ether oxygens (including phenoxy) is 1. The molecule has 132 valence electrons. The number of nitrogens with one attached hydrogen (secondary N) is 1. The van der Waals surface area contributed by atoms with Crippen molar-refractivity contribution in [2.75, 3.05) is 25.5 Å². The lowest BCUT2D eigenvalue weighted by Gasteiger charge is -2.32. The van der Waals surface area contributed by atoms with Crippen LogP contribution in [0.4, 0.5) is 5.82 Å². The molecule has 1 saturated heterocycles. The summed E-state index contributed by atoms with van der Waals surface area (Å²) in [5.74, 6) is 1.04. The number of nitrogens with zero attached hydrogens (tertiary/aromatic N) is 3. The Bertz CT molecular complexity index is 763. The number of para-hydroxylation sites is 1. The van der Waals surface area contributed by atoms with Crippen molar-refractivity contribution in [3.63, 3.8) is 0 Å². The lowest BCUT2D eigenvalue weighted by molar-refractivity contribution is -0.130. The molecule has 0 atom stereocenters. The van der Waals surface area contributed by atoms with Crippen LogP contribution >= 0.6 is 0 Å². The van der Waals surface area contributed by atoms with E-state index in [-0.39, 0.29) is 17.9 Å². The first-order valence-corrected chi connectivity index (χ1v) is 8.33.